The van der Waals surface area contributed by atoms with E-state index in [1.54, 1.807) is 0 Å². The first-order chi connectivity index (χ1) is 7.06. The molecule has 1 aliphatic heterocycles. The minimum Gasteiger partial charge on any atom is -0.395 e. The van der Waals surface area contributed by atoms with Gasteiger partial charge in [-0.05, 0) is 26.2 Å². The Labute approximate surface area is 90.9 Å². The van der Waals surface area contributed by atoms with Gasteiger partial charge < -0.3 is 9.84 Å². The highest BCUT2D eigenvalue weighted by Crippen LogP contribution is 2.12. The highest BCUT2D eigenvalue weighted by molar-refractivity contribution is 7.90. The third kappa shape index (κ3) is 4.06. The average molecular weight is 237 g/mol. The van der Waals surface area contributed by atoms with Crippen molar-refractivity contribution in [2.45, 2.75) is 37.5 Å². The minimum absolute atomic E-state index is 0.0144. The number of hydrogen-bond acceptors (Lipinski definition) is 4. The Bertz CT molecular complexity index is 272. The molecule has 0 spiro atoms. The van der Waals surface area contributed by atoms with Gasteiger partial charge in [0.25, 0.3) is 0 Å². The quantitative estimate of drug-likeness (QED) is 0.697. The third-order valence-corrected chi connectivity index (χ3v) is 4.35. The van der Waals surface area contributed by atoms with Crippen LogP contribution in [-0.4, -0.2) is 44.6 Å². The molecule has 90 valence electrons. The van der Waals surface area contributed by atoms with Crippen LogP contribution in [0.15, 0.2) is 0 Å². The van der Waals surface area contributed by atoms with E-state index in [1.807, 2.05) is 0 Å². The van der Waals surface area contributed by atoms with Gasteiger partial charge in [-0.3, -0.25) is 0 Å². The van der Waals surface area contributed by atoms with E-state index in [2.05, 4.69) is 4.72 Å². The van der Waals surface area contributed by atoms with Crippen molar-refractivity contribution in [1.29, 1.82) is 0 Å². The molecule has 6 heteroatoms. The van der Waals surface area contributed by atoms with E-state index >= 15 is 0 Å². The zero-order valence-corrected chi connectivity index (χ0v) is 9.79. The van der Waals surface area contributed by atoms with Crippen LogP contribution < -0.4 is 4.72 Å². The summed E-state index contributed by atoms with van der Waals surface area (Å²) in [4.78, 5) is 0. The summed E-state index contributed by atoms with van der Waals surface area (Å²) in [5, 5.41) is 7.99. The van der Waals surface area contributed by atoms with Crippen molar-refractivity contribution < 1.29 is 18.3 Å². The van der Waals surface area contributed by atoms with Crippen LogP contribution in [0.4, 0.5) is 0 Å². The summed E-state index contributed by atoms with van der Waals surface area (Å²) in [5.41, 5.74) is 0. The molecular formula is C9H19NO4S. The Morgan fingerprint density at radius 2 is 2.27 bits per heavy atom. The predicted octanol–water partition coefficient (Wildman–Crippen LogP) is -0.144. The molecule has 0 aromatic rings. The molecule has 2 atom stereocenters. The summed E-state index contributed by atoms with van der Waals surface area (Å²) in [7, 11) is -3.39. The highest BCUT2D eigenvalue weighted by atomic mass is 32.2. The summed E-state index contributed by atoms with van der Waals surface area (Å²) >= 11 is 0. The normalized spacial score (nSPS) is 25.1. The Hall–Kier alpha value is -0.170. The standard InChI is InChI=1S/C9H19NO4S/c1-8(7-11)15(12,13)10-6-9-4-2-3-5-14-9/h8-11H,2-7H2,1H3. The number of ether oxygens (including phenoxy) is 1. The molecule has 1 aliphatic rings. The van der Waals surface area contributed by atoms with Gasteiger partial charge in [-0.2, -0.15) is 0 Å². The fourth-order valence-electron chi connectivity index (χ4n) is 1.42. The molecule has 0 aromatic heterocycles. The number of sulfonamides is 1. The summed E-state index contributed by atoms with van der Waals surface area (Å²) in [5.74, 6) is 0. The number of rotatable bonds is 5. The summed E-state index contributed by atoms with van der Waals surface area (Å²) in [6, 6.07) is 0. The van der Waals surface area contributed by atoms with Crippen LogP contribution in [0.1, 0.15) is 26.2 Å². The topological polar surface area (TPSA) is 75.6 Å². The monoisotopic (exact) mass is 237 g/mol. The molecule has 2 N–H and O–H groups in total. The van der Waals surface area contributed by atoms with Gasteiger partial charge in [-0.15, -0.1) is 0 Å². The largest absolute Gasteiger partial charge is 0.395 e. The average Bonchev–Trinajstić information content (AvgIpc) is 2.27. The number of hydrogen-bond donors (Lipinski definition) is 2. The van der Waals surface area contributed by atoms with Crippen molar-refractivity contribution in [3.05, 3.63) is 0 Å². The predicted molar refractivity (Wildman–Crippen MR) is 57.1 cm³/mol. The minimum atomic E-state index is -3.39. The van der Waals surface area contributed by atoms with Crippen LogP contribution in [0.3, 0.4) is 0 Å². The molecule has 1 fully saturated rings. The van der Waals surface area contributed by atoms with E-state index in [-0.39, 0.29) is 12.7 Å². The maximum absolute atomic E-state index is 11.5. The van der Waals surface area contributed by atoms with E-state index in [4.69, 9.17) is 9.84 Å². The van der Waals surface area contributed by atoms with Crippen LogP contribution in [0.5, 0.6) is 0 Å². The van der Waals surface area contributed by atoms with Crippen LogP contribution in [0.2, 0.25) is 0 Å². The lowest BCUT2D eigenvalue weighted by Crippen LogP contribution is -2.40. The second kappa shape index (κ2) is 5.79. The molecule has 0 radical (unpaired) electrons. The van der Waals surface area contributed by atoms with E-state index < -0.39 is 15.3 Å². The summed E-state index contributed by atoms with van der Waals surface area (Å²) < 4.78 is 30.8. The molecule has 0 amide bonds. The third-order valence-electron chi connectivity index (χ3n) is 2.57. The van der Waals surface area contributed by atoms with Crippen molar-refractivity contribution in [3.8, 4) is 0 Å². The molecule has 0 bridgehead atoms. The second-order valence-corrected chi connectivity index (χ2v) is 6.06. The van der Waals surface area contributed by atoms with Gasteiger partial charge in [-0.25, -0.2) is 13.1 Å². The molecule has 15 heavy (non-hydrogen) atoms. The van der Waals surface area contributed by atoms with Crippen LogP contribution in [0.25, 0.3) is 0 Å². The first kappa shape index (κ1) is 12.9. The Kier molecular flexibility index (Phi) is 4.98. The van der Waals surface area contributed by atoms with E-state index in [0.717, 1.165) is 19.3 Å². The summed E-state index contributed by atoms with van der Waals surface area (Å²) in [6.07, 6.45) is 3.02. The molecular weight excluding hydrogens is 218 g/mol. The van der Waals surface area contributed by atoms with Gasteiger partial charge in [-0.1, -0.05) is 0 Å². The lowest BCUT2D eigenvalue weighted by Gasteiger charge is -2.23. The maximum Gasteiger partial charge on any atom is 0.216 e. The van der Waals surface area contributed by atoms with Gasteiger partial charge in [0, 0.05) is 13.2 Å². The SMILES string of the molecule is CC(CO)S(=O)(=O)NCC1CCCCO1. The lowest BCUT2D eigenvalue weighted by atomic mass is 10.1. The zero-order valence-electron chi connectivity index (χ0n) is 8.98. The van der Waals surface area contributed by atoms with E-state index in [0.29, 0.717) is 13.2 Å². The second-order valence-electron chi connectivity index (χ2n) is 3.88. The number of aliphatic hydroxyl groups excluding tert-OH is 1. The van der Waals surface area contributed by atoms with Crippen molar-refractivity contribution in [2.75, 3.05) is 19.8 Å². The molecule has 1 saturated heterocycles. The molecule has 1 rings (SSSR count). The smallest absolute Gasteiger partial charge is 0.216 e. The number of aliphatic hydroxyl groups is 1. The van der Waals surface area contributed by atoms with Crippen LogP contribution in [0, 0.1) is 0 Å². The first-order valence-corrected chi connectivity index (χ1v) is 6.82. The molecule has 5 nitrogen and oxygen atoms in total. The Morgan fingerprint density at radius 1 is 1.53 bits per heavy atom. The first-order valence-electron chi connectivity index (χ1n) is 5.27. The Morgan fingerprint density at radius 3 is 2.80 bits per heavy atom. The van der Waals surface area contributed by atoms with Crippen molar-refractivity contribution in [3.63, 3.8) is 0 Å². The molecule has 1 heterocycles. The molecule has 0 aliphatic carbocycles. The van der Waals surface area contributed by atoms with Crippen LogP contribution in [-0.2, 0) is 14.8 Å². The Balaban J connectivity index is 2.35. The fourth-order valence-corrected chi connectivity index (χ4v) is 2.32. The molecule has 0 saturated carbocycles. The van der Waals surface area contributed by atoms with E-state index in [1.165, 1.54) is 6.92 Å². The highest BCUT2D eigenvalue weighted by Gasteiger charge is 2.22. The van der Waals surface area contributed by atoms with Gasteiger partial charge in [0.2, 0.25) is 10.0 Å². The van der Waals surface area contributed by atoms with Gasteiger partial charge in [0.1, 0.15) is 0 Å². The fraction of sp³-hybridized carbons (Fsp3) is 1.00. The van der Waals surface area contributed by atoms with E-state index in [9.17, 15) is 8.42 Å². The van der Waals surface area contributed by atoms with Gasteiger partial charge >= 0.3 is 0 Å². The molecule has 0 aromatic carbocycles. The van der Waals surface area contributed by atoms with Crippen molar-refractivity contribution in [2.24, 2.45) is 0 Å². The van der Waals surface area contributed by atoms with Crippen molar-refractivity contribution >= 4 is 10.0 Å². The molecule has 2 unspecified atom stereocenters. The van der Waals surface area contributed by atoms with Crippen molar-refractivity contribution in [1.82, 2.24) is 4.72 Å². The lowest BCUT2D eigenvalue weighted by molar-refractivity contribution is 0.0199. The summed E-state index contributed by atoms with van der Waals surface area (Å²) in [6.45, 7) is 2.14. The zero-order chi connectivity index (χ0) is 11.3. The van der Waals surface area contributed by atoms with Crippen LogP contribution >= 0.6 is 0 Å². The van der Waals surface area contributed by atoms with Gasteiger partial charge in [0.15, 0.2) is 0 Å². The van der Waals surface area contributed by atoms with Gasteiger partial charge in [0.05, 0.1) is 18.0 Å². The maximum atomic E-state index is 11.5. The number of nitrogens with one attached hydrogen (secondary N) is 1.